The average molecular weight is 461 g/mol. The summed E-state index contributed by atoms with van der Waals surface area (Å²) < 4.78 is 0. The van der Waals surface area contributed by atoms with Gasteiger partial charge in [0, 0.05) is 29.5 Å². The second kappa shape index (κ2) is 11.0. The SMILES string of the molecule is CSc1nc(C)c(CCC(=O)Nc2ccc(Cl)c(C(=O)NC3CCCCC3)c2)c(C)n1. The van der Waals surface area contributed by atoms with Gasteiger partial charge >= 0.3 is 0 Å². The molecule has 31 heavy (non-hydrogen) atoms. The van der Waals surface area contributed by atoms with Gasteiger partial charge in [-0.1, -0.05) is 42.6 Å². The highest BCUT2D eigenvalue weighted by atomic mass is 35.5. The molecule has 166 valence electrons. The Morgan fingerprint density at radius 1 is 1.13 bits per heavy atom. The van der Waals surface area contributed by atoms with Crippen LogP contribution in [0, 0.1) is 13.8 Å². The Kier molecular flexibility index (Phi) is 8.32. The molecule has 0 bridgehead atoms. The monoisotopic (exact) mass is 460 g/mol. The van der Waals surface area contributed by atoms with Crippen LogP contribution in [0.2, 0.25) is 5.02 Å². The zero-order chi connectivity index (χ0) is 22.4. The summed E-state index contributed by atoms with van der Waals surface area (Å²) in [5.74, 6) is -0.320. The summed E-state index contributed by atoms with van der Waals surface area (Å²) in [5, 5.41) is 7.07. The molecule has 0 aliphatic heterocycles. The molecule has 1 aliphatic rings. The maximum Gasteiger partial charge on any atom is 0.253 e. The smallest absolute Gasteiger partial charge is 0.253 e. The lowest BCUT2D eigenvalue weighted by Crippen LogP contribution is -2.36. The zero-order valence-electron chi connectivity index (χ0n) is 18.3. The van der Waals surface area contributed by atoms with Gasteiger partial charge in [-0.3, -0.25) is 9.59 Å². The third kappa shape index (κ3) is 6.43. The lowest BCUT2D eigenvalue weighted by molar-refractivity contribution is -0.116. The van der Waals surface area contributed by atoms with E-state index in [1.807, 2.05) is 20.1 Å². The van der Waals surface area contributed by atoms with Crippen LogP contribution in [0.15, 0.2) is 23.4 Å². The molecule has 1 saturated carbocycles. The fourth-order valence-corrected chi connectivity index (χ4v) is 4.57. The third-order valence-electron chi connectivity index (χ3n) is 5.62. The number of anilines is 1. The first kappa shape index (κ1) is 23.5. The topological polar surface area (TPSA) is 84.0 Å². The van der Waals surface area contributed by atoms with Crippen LogP contribution < -0.4 is 10.6 Å². The number of carbonyl (C=O) groups is 2. The van der Waals surface area contributed by atoms with Crippen molar-refractivity contribution < 1.29 is 9.59 Å². The van der Waals surface area contributed by atoms with Crippen LogP contribution in [0.4, 0.5) is 5.69 Å². The van der Waals surface area contributed by atoms with Crippen LogP contribution in [0.25, 0.3) is 0 Å². The number of aryl methyl sites for hydroxylation is 2. The van der Waals surface area contributed by atoms with Gasteiger partial charge < -0.3 is 10.6 Å². The van der Waals surface area contributed by atoms with Crippen molar-refractivity contribution in [2.45, 2.75) is 70.0 Å². The van der Waals surface area contributed by atoms with Crippen molar-refractivity contribution in [1.82, 2.24) is 15.3 Å². The summed E-state index contributed by atoms with van der Waals surface area (Å²) >= 11 is 7.76. The first-order valence-electron chi connectivity index (χ1n) is 10.7. The van der Waals surface area contributed by atoms with Crippen molar-refractivity contribution in [3.8, 4) is 0 Å². The summed E-state index contributed by atoms with van der Waals surface area (Å²) in [6.45, 7) is 3.88. The highest BCUT2D eigenvalue weighted by Crippen LogP contribution is 2.23. The first-order chi connectivity index (χ1) is 14.9. The van der Waals surface area contributed by atoms with Crippen LogP contribution in [-0.4, -0.2) is 34.1 Å². The minimum Gasteiger partial charge on any atom is -0.349 e. The number of carbonyl (C=O) groups excluding carboxylic acids is 2. The Labute approximate surface area is 193 Å². The Bertz CT molecular complexity index is 938. The molecule has 2 aromatic rings. The van der Waals surface area contributed by atoms with E-state index in [2.05, 4.69) is 20.6 Å². The summed E-state index contributed by atoms with van der Waals surface area (Å²) in [4.78, 5) is 34.1. The molecule has 2 N–H and O–H groups in total. The molecular weight excluding hydrogens is 432 g/mol. The highest BCUT2D eigenvalue weighted by Gasteiger charge is 2.19. The van der Waals surface area contributed by atoms with Crippen LogP contribution in [0.1, 0.15) is 65.8 Å². The van der Waals surface area contributed by atoms with Crippen LogP contribution in [-0.2, 0) is 11.2 Å². The largest absolute Gasteiger partial charge is 0.349 e. The summed E-state index contributed by atoms with van der Waals surface area (Å²) in [5.41, 5.74) is 3.75. The Hall–Kier alpha value is -2.12. The number of aromatic nitrogens is 2. The Morgan fingerprint density at radius 3 is 2.45 bits per heavy atom. The molecule has 8 heteroatoms. The van der Waals surface area contributed by atoms with Crippen molar-refractivity contribution in [3.05, 3.63) is 45.7 Å². The average Bonchev–Trinajstić information content (AvgIpc) is 2.75. The molecule has 2 amide bonds. The predicted octanol–water partition coefficient (Wildman–Crippen LogP) is 5.10. The van der Waals surface area contributed by atoms with Gasteiger partial charge in [0.2, 0.25) is 5.91 Å². The molecule has 6 nitrogen and oxygen atoms in total. The number of halogens is 1. The summed E-state index contributed by atoms with van der Waals surface area (Å²) in [6.07, 6.45) is 8.30. The van der Waals surface area contributed by atoms with E-state index in [-0.39, 0.29) is 17.9 Å². The molecule has 3 rings (SSSR count). The lowest BCUT2D eigenvalue weighted by atomic mass is 9.95. The second-order valence-corrected chi connectivity index (χ2v) is 9.09. The normalized spacial score (nSPS) is 14.3. The van der Waals surface area contributed by atoms with Gasteiger partial charge in [-0.2, -0.15) is 0 Å². The Morgan fingerprint density at radius 2 is 1.81 bits per heavy atom. The van der Waals surface area contributed by atoms with E-state index in [1.54, 1.807) is 18.2 Å². The van der Waals surface area contributed by atoms with Gasteiger partial charge in [-0.25, -0.2) is 9.97 Å². The van der Waals surface area contributed by atoms with E-state index in [0.717, 1.165) is 47.8 Å². The van der Waals surface area contributed by atoms with E-state index < -0.39 is 0 Å². The first-order valence-corrected chi connectivity index (χ1v) is 12.3. The third-order valence-corrected chi connectivity index (χ3v) is 6.50. The molecule has 0 saturated heterocycles. The molecule has 0 radical (unpaired) electrons. The van der Waals surface area contributed by atoms with E-state index >= 15 is 0 Å². The number of thioether (sulfide) groups is 1. The number of benzene rings is 1. The molecule has 1 fully saturated rings. The molecule has 1 heterocycles. The minimum absolute atomic E-state index is 0.131. The van der Waals surface area contributed by atoms with Crippen molar-refractivity contribution in [2.75, 3.05) is 11.6 Å². The fourth-order valence-electron chi connectivity index (χ4n) is 3.91. The van der Waals surface area contributed by atoms with Crippen molar-refractivity contribution in [3.63, 3.8) is 0 Å². The van der Waals surface area contributed by atoms with Crippen LogP contribution in [0.5, 0.6) is 0 Å². The molecule has 1 aliphatic carbocycles. The number of nitrogens with one attached hydrogen (secondary N) is 2. The van der Waals surface area contributed by atoms with Gasteiger partial charge in [0.1, 0.15) is 0 Å². The van der Waals surface area contributed by atoms with Gasteiger partial charge in [0.15, 0.2) is 5.16 Å². The van der Waals surface area contributed by atoms with Crippen molar-refractivity contribution >= 4 is 40.9 Å². The van der Waals surface area contributed by atoms with Gasteiger partial charge in [0.05, 0.1) is 10.6 Å². The number of hydrogen-bond donors (Lipinski definition) is 2. The van der Waals surface area contributed by atoms with Crippen molar-refractivity contribution in [1.29, 1.82) is 0 Å². The zero-order valence-corrected chi connectivity index (χ0v) is 19.8. The molecule has 1 aromatic heterocycles. The van der Waals surface area contributed by atoms with Gasteiger partial charge in [-0.05, 0) is 63.1 Å². The van der Waals surface area contributed by atoms with E-state index in [0.29, 0.717) is 29.1 Å². The molecular formula is C23H29ClN4O2S. The molecule has 1 aromatic carbocycles. The van der Waals surface area contributed by atoms with Gasteiger partial charge in [-0.15, -0.1) is 0 Å². The quantitative estimate of drug-likeness (QED) is 0.443. The molecule has 0 atom stereocenters. The summed E-state index contributed by atoms with van der Waals surface area (Å²) in [7, 11) is 0. The summed E-state index contributed by atoms with van der Waals surface area (Å²) in [6, 6.07) is 5.20. The highest BCUT2D eigenvalue weighted by molar-refractivity contribution is 7.98. The Balaban J connectivity index is 1.61. The van der Waals surface area contributed by atoms with E-state index in [9.17, 15) is 9.59 Å². The van der Waals surface area contributed by atoms with E-state index in [4.69, 9.17) is 11.6 Å². The number of rotatable bonds is 7. The fraction of sp³-hybridized carbons (Fsp3) is 0.478. The maximum absolute atomic E-state index is 12.7. The number of amides is 2. The predicted molar refractivity (Wildman–Crippen MR) is 126 cm³/mol. The molecule has 0 unspecified atom stereocenters. The van der Waals surface area contributed by atoms with Crippen molar-refractivity contribution in [2.24, 2.45) is 0 Å². The van der Waals surface area contributed by atoms with Gasteiger partial charge in [0.25, 0.3) is 5.91 Å². The lowest BCUT2D eigenvalue weighted by Gasteiger charge is -2.23. The standard InChI is InChI=1S/C23H29ClN4O2S/c1-14-18(15(2)26-23(25-14)31-3)10-12-21(29)27-17-9-11-20(24)19(13-17)22(30)28-16-7-5-4-6-8-16/h9,11,13,16H,4-8,10,12H2,1-3H3,(H,27,29)(H,28,30). The maximum atomic E-state index is 12.7. The van der Waals surface area contributed by atoms with Crippen LogP contribution in [0.3, 0.4) is 0 Å². The van der Waals surface area contributed by atoms with E-state index in [1.165, 1.54) is 18.2 Å². The van der Waals surface area contributed by atoms with Crippen LogP contribution >= 0.6 is 23.4 Å². The molecule has 0 spiro atoms. The number of hydrogen-bond acceptors (Lipinski definition) is 5. The second-order valence-electron chi connectivity index (χ2n) is 7.91. The number of nitrogens with zero attached hydrogens (tertiary/aromatic N) is 2. The minimum atomic E-state index is -0.190.